The van der Waals surface area contributed by atoms with E-state index >= 15 is 0 Å². The Morgan fingerprint density at radius 1 is 1.30 bits per heavy atom. The summed E-state index contributed by atoms with van der Waals surface area (Å²) in [5, 5.41) is 3.42. The highest BCUT2D eigenvalue weighted by atomic mass is 35.5. The van der Waals surface area contributed by atoms with E-state index in [1.54, 1.807) is 12.3 Å². The van der Waals surface area contributed by atoms with E-state index in [9.17, 15) is 4.79 Å². The van der Waals surface area contributed by atoms with Crippen LogP contribution in [0.5, 0.6) is 0 Å². The van der Waals surface area contributed by atoms with Crippen molar-refractivity contribution < 1.29 is 4.79 Å². The smallest absolute Gasteiger partial charge is 0.253 e. The maximum Gasteiger partial charge on any atom is 0.253 e. The Kier molecular flexibility index (Phi) is 7.13. The molecule has 1 aliphatic rings. The van der Waals surface area contributed by atoms with Crippen LogP contribution in [0.4, 0.5) is 5.69 Å². The van der Waals surface area contributed by atoms with Crippen molar-refractivity contribution in [3.8, 4) is 0 Å². The number of hydrogen-bond donors (Lipinski definition) is 2. The fourth-order valence-electron chi connectivity index (χ4n) is 2.78. The highest BCUT2D eigenvalue weighted by Gasteiger charge is 2.23. The number of carbonyl (C=O) groups is 1. The lowest BCUT2D eigenvalue weighted by Gasteiger charge is -2.26. The SMILES string of the molecule is Cl.Cl.Nc1ccc2c(c1)CCCC2NC(=O)c1ccncc1Cl. The molecule has 1 heterocycles. The van der Waals surface area contributed by atoms with Crippen molar-refractivity contribution in [1.29, 1.82) is 0 Å². The molecule has 0 aliphatic heterocycles. The van der Waals surface area contributed by atoms with Crippen LogP contribution in [0.25, 0.3) is 0 Å². The van der Waals surface area contributed by atoms with Crippen LogP contribution in [-0.2, 0) is 6.42 Å². The van der Waals surface area contributed by atoms with Crippen LogP contribution in [0.15, 0.2) is 36.7 Å². The molecule has 0 spiro atoms. The first-order valence-electron chi connectivity index (χ1n) is 6.94. The van der Waals surface area contributed by atoms with Crippen LogP contribution in [0, 0.1) is 0 Å². The monoisotopic (exact) mass is 373 g/mol. The third-order valence-electron chi connectivity index (χ3n) is 3.80. The number of hydrogen-bond acceptors (Lipinski definition) is 3. The molecule has 3 N–H and O–H groups in total. The number of fused-ring (bicyclic) bond motifs is 1. The number of nitrogens with two attached hydrogens (primary N) is 1. The van der Waals surface area contributed by atoms with Gasteiger partial charge in [0.05, 0.1) is 16.6 Å². The second-order valence-electron chi connectivity index (χ2n) is 5.23. The summed E-state index contributed by atoms with van der Waals surface area (Å²) in [5.41, 5.74) is 9.41. The normalized spacial score (nSPS) is 15.6. The topological polar surface area (TPSA) is 68.0 Å². The largest absolute Gasteiger partial charge is 0.399 e. The number of amides is 1. The summed E-state index contributed by atoms with van der Waals surface area (Å²) < 4.78 is 0. The summed E-state index contributed by atoms with van der Waals surface area (Å²) in [4.78, 5) is 16.3. The fraction of sp³-hybridized carbons (Fsp3) is 0.250. The van der Waals surface area contributed by atoms with Crippen LogP contribution < -0.4 is 11.1 Å². The molecule has 1 unspecified atom stereocenters. The van der Waals surface area contributed by atoms with Gasteiger partial charge in [-0.15, -0.1) is 24.8 Å². The summed E-state index contributed by atoms with van der Waals surface area (Å²) in [6.07, 6.45) is 6.00. The second kappa shape index (κ2) is 8.39. The zero-order chi connectivity index (χ0) is 14.8. The predicted octanol–water partition coefficient (Wildman–Crippen LogP) is 3.97. The molecule has 1 aromatic carbocycles. The molecule has 3 rings (SSSR count). The number of halogens is 3. The van der Waals surface area contributed by atoms with Crippen molar-refractivity contribution in [2.75, 3.05) is 5.73 Å². The molecule has 0 saturated heterocycles. The van der Waals surface area contributed by atoms with Gasteiger partial charge in [0.2, 0.25) is 0 Å². The van der Waals surface area contributed by atoms with Crippen LogP contribution in [0.2, 0.25) is 5.02 Å². The number of benzene rings is 1. The van der Waals surface area contributed by atoms with Gasteiger partial charge in [0.1, 0.15) is 0 Å². The minimum atomic E-state index is -0.169. The van der Waals surface area contributed by atoms with Gasteiger partial charge in [-0.1, -0.05) is 17.7 Å². The summed E-state index contributed by atoms with van der Waals surface area (Å²) in [7, 11) is 0. The van der Waals surface area contributed by atoms with Crippen LogP contribution in [0.3, 0.4) is 0 Å². The van der Waals surface area contributed by atoms with Crippen molar-refractivity contribution in [3.63, 3.8) is 0 Å². The van der Waals surface area contributed by atoms with Crippen molar-refractivity contribution in [3.05, 3.63) is 58.4 Å². The van der Waals surface area contributed by atoms with E-state index in [1.165, 1.54) is 11.8 Å². The Morgan fingerprint density at radius 3 is 2.83 bits per heavy atom. The highest BCUT2D eigenvalue weighted by molar-refractivity contribution is 6.33. The zero-order valence-electron chi connectivity index (χ0n) is 12.3. The molecule has 0 radical (unpaired) electrons. The van der Waals surface area contributed by atoms with Gasteiger partial charge in [0.15, 0.2) is 0 Å². The van der Waals surface area contributed by atoms with E-state index in [4.69, 9.17) is 17.3 Å². The number of nitrogens with zero attached hydrogens (tertiary/aromatic N) is 1. The summed E-state index contributed by atoms with van der Waals surface area (Å²) in [6.45, 7) is 0. The van der Waals surface area contributed by atoms with Crippen LogP contribution in [-0.4, -0.2) is 10.9 Å². The molecular formula is C16H18Cl3N3O. The van der Waals surface area contributed by atoms with E-state index in [2.05, 4.69) is 10.3 Å². The Labute approximate surface area is 152 Å². The van der Waals surface area contributed by atoms with Crippen molar-refractivity contribution >= 4 is 48.0 Å². The van der Waals surface area contributed by atoms with Crippen molar-refractivity contribution in [2.24, 2.45) is 0 Å². The fourth-order valence-corrected chi connectivity index (χ4v) is 2.98. The highest BCUT2D eigenvalue weighted by Crippen LogP contribution is 2.31. The summed E-state index contributed by atoms with van der Waals surface area (Å²) in [5.74, 6) is -0.169. The molecule has 0 fully saturated rings. The van der Waals surface area contributed by atoms with Crippen LogP contribution >= 0.6 is 36.4 Å². The number of pyridine rings is 1. The van der Waals surface area contributed by atoms with E-state index in [0.717, 1.165) is 30.5 Å². The Balaban J connectivity index is 0.00000132. The molecule has 1 aliphatic carbocycles. The lowest BCUT2D eigenvalue weighted by atomic mass is 9.87. The molecule has 7 heteroatoms. The minimum absolute atomic E-state index is 0. The zero-order valence-corrected chi connectivity index (χ0v) is 14.7. The first-order chi connectivity index (χ1) is 10.1. The Hall–Kier alpha value is -1.49. The lowest BCUT2D eigenvalue weighted by Crippen LogP contribution is -2.31. The number of rotatable bonds is 2. The number of nitrogens with one attached hydrogen (secondary N) is 1. The van der Waals surface area contributed by atoms with Gasteiger partial charge in [-0.25, -0.2) is 0 Å². The number of anilines is 1. The molecule has 0 bridgehead atoms. The summed E-state index contributed by atoms with van der Waals surface area (Å²) in [6, 6.07) is 7.51. The molecule has 0 saturated carbocycles. The third kappa shape index (κ3) is 4.28. The van der Waals surface area contributed by atoms with Gasteiger partial charge < -0.3 is 11.1 Å². The molecule has 4 nitrogen and oxygen atoms in total. The van der Waals surface area contributed by atoms with Gasteiger partial charge in [-0.05, 0) is 48.6 Å². The molecular weight excluding hydrogens is 357 g/mol. The van der Waals surface area contributed by atoms with E-state index < -0.39 is 0 Å². The Morgan fingerprint density at radius 2 is 2.09 bits per heavy atom. The standard InChI is InChI=1S/C16H16ClN3O.2ClH/c17-14-9-19-7-6-13(14)16(21)20-15-3-1-2-10-8-11(18)4-5-12(10)15;;/h4-9,15H,1-3,18H2,(H,20,21);2*1H. The Bertz CT molecular complexity index is 694. The number of aryl methyl sites for hydroxylation is 1. The van der Waals surface area contributed by atoms with Crippen molar-refractivity contribution in [1.82, 2.24) is 10.3 Å². The average molecular weight is 375 g/mol. The van der Waals surface area contributed by atoms with Gasteiger partial charge in [0, 0.05) is 18.1 Å². The minimum Gasteiger partial charge on any atom is -0.399 e. The van der Waals surface area contributed by atoms with E-state index in [0.29, 0.717) is 10.6 Å². The molecule has 23 heavy (non-hydrogen) atoms. The quantitative estimate of drug-likeness (QED) is 0.782. The van der Waals surface area contributed by atoms with Crippen molar-refractivity contribution in [2.45, 2.75) is 25.3 Å². The first-order valence-corrected chi connectivity index (χ1v) is 7.31. The maximum atomic E-state index is 12.4. The van der Waals surface area contributed by atoms with E-state index in [1.807, 2.05) is 18.2 Å². The van der Waals surface area contributed by atoms with Gasteiger partial charge in [-0.3, -0.25) is 9.78 Å². The van der Waals surface area contributed by atoms with E-state index in [-0.39, 0.29) is 36.8 Å². The lowest BCUT2D eigenvalue weighted by molar-refractivity contribution is 0.0933. The summed E-state index contributed by atoms with van der Waals surface area (Å²) >= 11 is 6.02. The van der Waals surface area contributed by atoms with Gasteiger partial charge >= 0.3 is 0 Å². The third-order valence-corrected chi connectivity index (χ3v) is 4.10. The average Bonchev–Trinajstić information content (AvgIpc) is 2.47. The van der Waals surface area contributed by atoms with Crippen LogP contribution in [0.1, 0.15) is 40.4 Å². The second-order valence-corrected chi connectivity index (χ2v) is 5.64. The molecule has 1 amide bonds. The van der Waals surface area contributed by atoms with Gasteiger partial charge in [0.25, 0.3) is 5.91 Å². The predicted molar refractivity (Wildman–Crippen MR) is 97.7 cm³/mol. The maximum absolute atomic E-state index is 12.4. The number of aromatic nitrogens is 1. The number of carbonyl (C=O) groups excluding carboxylic acids is 1. The molecule has 1 atom stereocenters. The molecule has 124 valence electrons. The number of nitrogen functional groups attached to an aromatic ring is 1. The first kappa shape index (κ1) is 19.6. The molecule has 2 aromatic rings. The molecule has 1 aromatic heterocycles. The van der Waals surface area contributed by atoms with Gasteiger partial charge in [-0.2, -0.15) is 0 Å².